The van der Waals surface area contributed by atoms with E-state index in [1.54, 1.807) is 24.5 Å². The van der Waals surface area contributed by atoms with E-state index in [0.29, 0.717) is 0 Å². The number of anilines is 2. The van der Waals surface area contributed by atoms with E-state index in [-0.39, 0.29) is 0 Å². The van der Waals surface area contributed by atoms with E-state index in [1.807, 2.05) is 24.3 Å². The molecule has 0 spiro atoms. The Morgan fingerprint density at radius 1 is 1.24 bits per heavy atom. The maximum atomic E-state index is 4.24. The number of fused-ring (bicyclic) bond motifs is 1. The molecule has 25 heavy (non-hydrogen) atoms. The van der Waals surface area contributed by atoms with Crippen molar-refractivity contribution < 1.29 is 0 Å². The molecule has 0 atom stereocenters. The molecule has 1 aromatic carbocycles. The minimum atomic E-state index is 0.720. The minimum absolute atomic E-state index is 0.720. The van der Waals surface area contributed by atoms with Crippen LogP contribution in [0.25, 0.3) is 22.2 Å². The summed E-state index contributed by atoms with van der Waals surface area (Å²) in [7, 11) is 1.80. The first-order valence-corrected chi connectivity index (χ1v) is 8.06. The molecule has 2 heterocycles. The van der Waals surface area contributed by atoms with Gasteiger partial charge in [0.15, 0.2) is 0 Å². The van der Waals surface area contributed by atoms with E-state index in [4.69, 9.17) is 0 Å². The molecule has 0 aliphatic heterocycles. The fourth-order valence-corrected chi connectivity index (χ4v) is 2.28. The molecule has 0 unspecified atom stereocenters. The summed E-state index contributed by atoms with van der Waals surface area (Å²) < 4.78 is 0. The highest BCUT2D eigenvalue weighted by molar-refractivity contribution is 6.00. The minimum Gasteiger partial charge on any atom is -0.372 e. The average molecular weight is 337 g/mol. The van der Waals surface area contributed by atoms with Gasteiger partial charge in [-0.2, -0.15) is 10.2 Å². The molecule has 2 aromatic heterocycles. The maximum Gasteiger partial charge on any atom is 0.148 e. The van der Waals surface area contributed by atoms with Gasteiger partial charge in [-0.1, -0.05) is 26.8 Å². The Morgan fingerprint density at radius 3 is 2.56 bits per heavy atom. The van der Waals surface area contributed by atoms with Gasteiger partial charge in [-0.3, -0.25) is 5.10 Å². The van der Waals surface area contributed by atoms with Gasteiger partial charge in [0.1, 0.15) is 5.82 Å². The number of hydrogen-bond acceptors (Lipinski definition) is 6. The number of nitrogens with zero attached hydrogens (tertiary/aromatic N) is 5. The Kier molecular flexibility index (Phi) is 6.22. The van der Waals surface area contributed by atoms with E-state index < -0.39 is 0 Å². The van der Waals surface area contributed by atoms with E-state index in [1.165, 1.54) is 6.42 Å². The fraction of sp³-hybridized carbons (Fsp3) is 0.222. The second-order valence-electron chi connectivity index (χ2n) is 5.22. The van der Waals surface area contributed by atoms with Gasteiger partial charge in [0.2, 0.25) is 0 Å². The first kappa shape index (κ1) is 18.1. The van der Waals surface area contributed by atoms with E-state index in [2.05, 4.69) is 58.0 Å². The van der Waals surface area contributed by atoms with Crippen molar-refractivity contribution in [3.63, 3.8) is 0 Å². The van der Waals surface area contributed by atoms with Crippen LogP contribution in [0.3, 0.4) is 0 Å². The van der Waals surface area contributed by atoms with Gasteiger partial charge < -0.3 is 5.32 Å². The third kappa shape index (κ3) is 3.82. The van der Waals surface area contributed by atoms with Crippen LogP contribution in [0.5, 0.6) is 0 Å². The monoisotopic (exact) mass is 337 g/mol. The molecule has 3 aromatic rings. The number of hydrazone groups is 1. The first-order chi connectivity index (χ1) is 12.2. The number of aromatic amines is 1. The topological polar surface area (TPSA) is 82.1 Å². The molecular formula is C18H23N7. The molecule has 0 saturated carbocycles. The van der Waals surface area contributed by atoms with E-state index in [0.717, 1.165) is 33.7 Å². The lowest BCUT2D eigenvalue weighted by atomic mass is 10.1. The van der Waals surface area contributed by atoms with Crippen LogP contribution in [-0.4, -0.2) is 34.2 Å². The van der Waals surface area contributed by atoms with Gasteiger partial charge in [0.05, 0.1) is 23.1 Å². The summed E-state index contributed by atoms with van der Waals surface area (Å²) in [4.78, 5) is 0. The lowest BCUT2D eigenvalue weighted by Crippen LogP contribution is -2.06. The van der Waals surface area contributed by atoms with Gasteiger partial charge in [-0.05, 0) is 24.3 Å². The van der Waals surface area contributed by atoms with Crippen molar-refractivity contribution in [2.45, 2.75) is 20.3 Å². The van der Waals surface area contributed by atoms with Crippen LogP contribution in [-0.2, 0) is 0 Å². The molecule has 7 heteroatoms. The van der Waals surface area contributed by atoms with E-state index in [9.17, 15) is 0 Å². The fourth-order valence-electron chi connectivity index (χ4n) is 2.28. The Morgan fingerprint density at radius 2 is 2.00 bits per heavy atom. The van der Waals surface area contributed by atoms with Crippen LogP contribution in [0.2, 0.25) is 0 Å². The zero-order chi connectivity index (χ0) is 18.2. The number of H-pyrrole nitrogens is 1. The summed E-state index contributed by atoms with van der Waals surface area (Å²) >= 11 is 0. The predicted molar refractivity (Wildman–Crippen MR) is 105 cm³/mol. The van der Waals surface area contributed by atoms with Gasteiger partial charge >= 0.3 is 0 Å². The van der Waals surface area contributed by atoms with Gasteiger partial charge in [0.25, 0.3) is 0 Å². The molecule has 0 saturated heterocycles. The molecule has 0 aliphatic rings. The Balaban J connectivity index is 0.000000701. The molecule has 0 radical (unpaired) electrons. The van der Waals surface area contributed by atoms with Crippen LogP contribution < -0.4 is 10.3 Å². The zero-order valence-electron chi connectivity index (χ0n) is 14.8. The second kappa shape index (κ2) is 8.58. The van der Waals surface area contributed by atoms with E-state index >= 15 is 0 Å². The number of hydrogen-bond donors (Lipinski definition) is 2. The summed E-state index contributed by atoms with van der Waals surface area (Å²) in [5, 5.41) is 24.8. The Bertz CT molecular complexity index is 828. The molecule has 0 fully saturated rings. The average Bonchev–Trinajstić information content (AvgIpc) is 3.13. The van der Waals surface area contributed by atoms with Crippen molar-refractivity contribution in [1.29, 1.82) is 0 Å². The zero-order valence-corrected chi connectivity index (χ0v) is 14.8. The van der Waals surface area contributed by atoms with Crippen molar-refractivity contribution in [3.8, 4) is 11.3 Å². The molecular weight excluding hydrogens is 314 g/mol. The van der Waals surface area contributed by atoms with Crippen molar-refractivity contribution in [2.24, 2.45) is 5.10 Å². The standard InChI is InChI=1S/C15H15N7.C3H8/c1-4-22(17-3)13-7-5-10(11-9-18-21-15(11)13)12-6-8-14(16-2)20-19-12;1-3-2/h4-9H,1,3H2,2H3,(H,16,20)(H,18,21);3H2,1-2H3. The van der Waals surface area contributed by atoms with Crippen molar-refractivity contribution >= 4 is 29.1 Å². The number of aromatic nitrogens is 4. The molecule has 7 nitrogen and oxygen atoms in total. The largest absolute Gasteiger partial charge is 0.372 e. The Hall–Kier alpha value is -3.22. The van der Waals surface area contributed by atoms with Crippen molar-refractivity contribution in [3.05, 3.63) is 43.2 Å². The smallest absolute Gasteiger partial charge is 0.148 e. The quantitative estimate of drug-likeness (QED) is 0.542. The molecule has 0 amide bonds. The van der Waals surface area contributed by atoms with Crippen LogP contribution in [0.15, 0.2) is 48.3 Å². The molecule has 3 rings (SSSR count). The summed E-state index contributed by atoms with van der Waals surface area (Å²) in [6.45, 7) is 11.5. The Labute approximate surface area is 147 Å². The molecule has 130 valence electrons. The second-order valence-corrected chi connectivity index (χ2v) is 5.22. The number of rotatable bonds is 5. The molecule has 2 N–H and O–H groups in total. The highest BCUT2D eigenvalue weighted by Crippen LogP contribution is 2.33. The highest BCUT2D eigenvalue weighted by Gasteiger charge is 2.13. The number of nitrogens with one attached hydrogen (secondary N) is 2. The van der Waals surface area contributed by atoms with Gasteiger partial charge in [-0.15, -0.1) is 10.2 Å². The van der Waals surface area contributed by atoms with Crippen LogP contribution >= 0.6 is 0 Å². The first-order valence-electron chi connectivity index (χ1n) is 8.06. The summed E-state index contributed by atoms with van der Waals surface area (Å²) in [6, 6.07) is 7.67. The lowest BCUT2D eigenvalue weighted by Gasteiger charge is -2.14. The number of benzene rings is 1. The maximum absolute atomic E-state index is 4.24. The lowest BCUT2D eigenvalue weighted by molar-refractivity contribution is 1.04. The third-order valence-electron chi connectivity index (χ3n) is 3.36. The van der Waals surface area contributed by atoms with Crippen LogP contribution in [0, 0.1) is 0 Å². The summed E-state index contributed by atoms with van der Waals surface area (Å²) in [6.07, 6.45) is 4.59. The highest BCUT2D eigenvalue weighted by atomic mass is 15.4. The van der Waals surface area contributed by atoms with Crippen LogP contribution in [0.4, 0.5) is 11.5 Å². The summed E-state index contributed by atoms with van der Waals surface area (Å²) in [5.74, 6) is 0.720. The SMILES string of the molecule is C=CN(N=C)c1ccc(-c2ccc(NC)nn2)c2cn[nH]c12.CCC. The van der Waals surface area contributed by atoms with Crippen LogP contribution in [0.1, 0.15) is 20.3 Å². The summed E-state index contributed by atoms with van der Waals surface area (Å²) in [5.41, 5.74) is 3.37. The van der Waals surface area contributed by atoms with Gasteiger partial charge in [0, 0.05) is 30.9 Å². The predicted octanol–water partition coefficient (Wildman–Crippen LogP) is 4.04. The molecule has 0 bridgehead atoms. The molecule has 0 aliphatic carbocycles. The van der Waals surface area contributed by atoms with Crippen molar-refractivity contribution in [1.82, 2.24) is 20.4 Å². The van der Waals surface area contributed by atoms with Gasteiger partial charge in [-0.25, -0.2) is 5.01 Å². The third-order valence-corrected chi connectivity index (χ3v) is 3.36. The normalized spacial score (nSPS) is 9.88. The van der Waals surface area contributed by atoms with Crippen molar-refractivity contribution in [2.75, 3.05) is 17.4 Å².